The molecule has 0 bridgehead atoms. The molecule has 27 heavy (non-hydrogen) atoms. The van der Waals surface area contributed by atoms with Crippen molar-refractivity contribution < 1.29 is 9.53 Å². The van der Waals surface area contributed by atoms with Crippen LogP contribution in [0.15, 0.2) is 42.5 Å². The number of ether oxygens (including phenoxy) is 1. The van der Waals surface area contributed by atoms with Gasteiger partial charge in [-0.2, -0.15) is 0 Å². The maximum atomic E-state index is 12.5. The minimum Gasteiger partial charge on any atom is -0.483 e. The number of rotatable bonds is 6. The van der Waals surface area contributed by atoms with Crippen molar-refractivity contribution in [3.63, 3.8) is 0 Å². The number of amides is 1. The lowest BCUT2D eigenvalue weighted by molar-refractivity contribution is -0.118. The number of carbonyl (C=O) groups is 1. The molecule has 1 amide bonds. The second-order valence-electron chi connectivity index (χ2n) is 7.00. The number of anilines is 2. The van der Waals surface area contributed by atoms with Crippen molar-refractivity contribution in [2.24, 2.45) is 0 Å². The third-order valence-electron chi connectivity index (χ3n) is 5.09. The summed E-state index contributed by atoms with van der Waals surface area (Å²) in [6.45, 7) is 11.3. The molecule has 0 aromatic heterocycles. The highest BCUT2D eigenvalue weighted by Gasteiger charge is 2.19. The highest BCUT2D eigenvalue weighted by atomic mass is 16.5. The maximum Gasteiger partial charge on any atom is 0.262 e. The Balaban J connectivity index is 1.63. The van der Waals surface area contributed by atoms with Crippen molar-refractivity contribution in [1.29, 1.82) is 0 Å². The molecular weight excluding hydrogens is 338 g/mol. The summed E-state index contributed by atoms with van der Waals surface area (Å²) in [4.78, 5) is 17.3. The third-order valence-corrected chi connectivity index (χ3v) is 5.09. The summed E-state index contributed by atoms with van der Waals surface area (Å²) in [6, 6.07) is 14.0. The van der Waals surface area contributed by atoms with Crippen molar-refractivity contribution in [2.45, 2.75) is 20.8 Å². The van der Waals surface area contributed by atoms with Crippen molar-refractivity contribution in [2.75, 3.05) is 49.5 Å². The second kappa shape index (κ2) is 8.91. The molecule has 1 heterocycles. The van der Waals surface area contributed by atoms with E-state index in [-0.39, 0.29) is 12.5 Å². The van der Waals surface area contributed by atoms with Crippen molar-refractivity contribution >= 4 is 17.3 Å². The molecule has 0 aliphatic carbocycles. The fraction of sp³-hybridized carbons (Fsp3) is 0.409. The smallest absolute Gasteiger partial charge is 0.262 e. The van der Waals surface area contributed by atoms with Crippen LogP contribution in [0, 0.1) is 13.8 Å². The lowest BCUT2D eigenvalue weighted by Gasteiger charge is -2.36. The monoisotopic (exact) mass is 367 g/mol. The van der Waals surface area contributed by atoms with Crippen LogP contribution >= 0.6 is 0 Å². The Morgan fingerprint density at radius 2 is 1.67 bits per heavy atom. The van der Waals surface area contributed by atoms with Crippen LogP contribution in [0.1, 0.15) is 18.1 Å². The van der Waals surface area contributed by atoms with E-state index in [1.165, 1.54) is 0 Å². The molecule has 2 aromatic rings. The van der Waals surface area contributed by atoms with Crippen LogP contribution in [0.25, 0.3) is 0 Å². The molecule has 1 aliphatic rings. The lowest BCUT2D eigenvalue weighted by atomic mass is 10.1. The van der Waals surface area contributed by atoms with E-state index in [1.807, 2.05) is 50.2 Å². The maximum absolute atomic E-state index is 12.5. The molecular formula is C22H29N3O2. The van der Waals surface area contributed by atoms with Crippen LogP contribution in [-0.2, 0) is 4.79 Å². The van der Waals surface area contributed by atoms with E-state index in [2.05, 4.69) is 28.1 Å². The molecule has 0 unspecified atom stereocenters. The Morgan fingerprint density at radius 3 is 2.33 bits per heavy atom. The lowest BCUT2D eigenvalue weighted by Crippen LogP contribution is -2.46. The quantitative estimate of drug-likeness (QED) is 0.849. The van der Waals surface area contributed by atoms with Crippen molar-refractivity contribution in [3.05, 3.63) is 53.6 Å². The molecule has 0 saturated carbocycles. The van der Waals surface area contributed by atoms with Gasteiger partial charge in [0.25, 0.3) is 5.91 Å². The fourth-order valence-electron chi connectivity index (χ4n) is 3.51. The van der Waals surface area contributed by atoms with Crippen molar-refractivity contribution in [1.82, 2.24) is 4.90 Å². The van der Waals surface area contributed by atoms with E-state index in [1.54, 1.807) is 0 Å². The van der Waals surface area contributed by atoms with Gasteiger partial charge in [-0.1, -0.05) is 37.3 Å². The minimum atomic E-state index is -0.141. The Kier molecular flexibility index (Phi) is 6.35. The Morgan fingerprint density at radius 1 is 1.00 bits per heavy atom. The highest BCUT2D eigenvalue weighted by molar-refractivity contribution is 5.95. The van der Waals surface area contributed by atoms with E-state index in [0.29, 0.717) is 0 Å². The van der Waals surface area contributed by atoms with Gasteiger partial charge in [-0.25, -0.2) is 0 Å². The number of hydrogen-bond acceptors (Lipinski definition) is 4. The first-order chi connectivity index (χ1) is 13.1. The van der Waals surface area contributed by atoms with Gasteiger partial charge in [0, 0.05) is 26.2 Å². The topological polar surface area (TPSA) is 44.8 Å². The zero-order valence-corrected chi connectivity index (χ0v) is 16.5. The summed E-state index contributed by atoms with van der Waals surface area (Å²) in [5, 5.41) is 3.02. The van der Waals surface area contributed by atoms with Gasteiger partial charge >= 0.3 is 0 Å². The third kappa shape index (κ3) is 4.80. The van der Waals surface area contributed by atoms with E-state index in [4.69, 9.17) is 4.74 Å². The van der Waals surface area contributed by atoms with Gasteiger partial charge in [0.1, 0.15) is 5.75 Å². The van der Waals surface area contributed by atoms with Gasteiger partial charge in [-0.15, -0.1) is 0 Å². The number of carbonyl (C=O) groups excluding carboxylic acids is 1. The van der Waals surface area contributed by atoms with E-state index < -0.39 is 0 Å². The molecule has 1 fully saturated rings. The summed E-state index contributed by atoms with van der Waals surface area (Å²) >= 11 is 0. The molecule has 1 aliphatic heterocycles. The highest BCUT2D eigenvalue weighted by Crippen LogP contribution is 2.27. The van der Waals surface area contributed by atoms with Crippen molar-refractivity contribution in [3.8, 4) is 5.75 Å². The summed E-state index contributed by atoms with van der Waals surface area (Å²) in [5.74, 6) is 0.647. The number of hydrogen-bond donors (Lipinski definition) is 1. The van der Waals surface area contributed by atoms with Crippen LogP contribution in [0.3, 0.4) is 0 Å². The number of benzene rings is 2. The van der Waals surface area contributed by atoms with E-state index in [9.17, 15) is 4.79 Å². The van der Waals surface area contributed by atoms with Gasteiger partial charge < -0.3 is 19.9 Å². The molecule has 0 spiro atoms. The summed E-state index contributed by atoms with van der Waals surface area (Å²) < 4.78 is 5.78. The number of aryl methyl sites for hydroxylation is 2. The van der Waals surface area contributed by atoms with E-state index >= 15 is 0 Å². The molecule has 1 N–H and O–H groups in total. The number of para-hydroxylation sites is 3. The van der Waals surface area contributed by atoms with Gasteiger partial charge in [-0.05, 0) is 43.7 Å². The molecule has 0 radical (unpaired) electrons. The van der Waals surface area contributed by atoms with Gasteiger partial charge in [0.05, 0.1) is 11.4 Å². The predicted octanol–water partition coefficient (Wildman–Crippen LogP) is 3.46. The minimum absolute atomic E-state index is 0.00361. The van der Waals surface area contributed by atoms with Crippen LogP contribution in [0.4, 0.5) is 11.4 Å². The summed E-state index contributed by atoms with van der Waals surface area (Å²) in [7, 11) is 0. The predicted molar refractivity (Wildman–Crippen MR) is 111 cm³/mol. The second-order valence-corrected chi connectivity index (χ2v) is 7.00. The summed E-state index contributed by atoms with van der Waals surface area (Å²) in [5.41, 5.74) is 4.00. The van der Waals surface area contributed by atoms with Crippen LogP contribution < -0.4 is 15.0 Å². The Hall–Kier alpha value is -2.53. The first-order valence-corrected chi connectivity index (χ1v) is 9.63. The summed E-state index contributed by atoms with van der Waals surface area (Å²) in [6.07, 6.45) is 0. The molecule has 0 atom stereocenters. The average molecular weight is 367 g/mol. The van der Waals surface area contributed by atoms with Crippen LogP contribution in [0.5, 0.6) is 5.75 Å². The molecule has 3 rings (SSSR count). The molecule has 5 heteroatoms. The normalized spacial score (nSPS) is 14.9. The van der Waals surface area contributed by atoms with Crippen LogP contribution in [-0.4, -0.2) is 50.1 Å². The first kappa shape index (κ1) is 19.2. The number of piperazine rings is 1. The number of nitrogens with zero attached hydrogens (tertiary/aromatic N) is 2. The number of likely N-dealkylation sites (N-methyl/N-ethyl adjacent to an activating group) is 1. The standard InChI is InChI=1S/C22H29N3O2/c1-4-24-12-14-25(15-13-24)20-11-6-5-10-19(20)23-21(26)16-27-22-17(2)8-7-9-18(22)3/h5-11H,4,12-16H2,1-3H3,(H,23,26). The van der Waals surface area contributed by atoms with Gasteiger partial charge in [0.2, 0.25) is 0 Å². The molecule has 1 saturated heterocycles. The van der Waals surface area contributed by atoms with E-state index in [0.717, 1.165) is 61.0 Å². The first-order valence-electron chi connectivity index (χ1n) is 9.63. The Labute approximate surface area is 161 Å². The SMILES string of the molecule is CCN1CCN(c2ccccc2NC(=O)COc2c(C)cccc2C)CC1. The fourth-order valence-corrected chi connectivity index (χ4v) is 3.51. The molecule has 5 nitrogen and oxygen atoms in total. The van der Waals surface area contributed by atoms with Gasteiger partial charge in [-0.3, -0.25) is 4.79 Å². The largest absolute Gasteiger partial charge is 0.483 e. The Bertz CT molecular complexity index is 763. The zero-order chi connectivity index (χ0) is 19.2. The molecule has 2 aromatic carbocycles. The van der Waals surface area contributed by atoms with Crippen LogP contribution in [0.2, 0.25) is 0 Å². The van der Waals surface area contributed by atoms with Gasteiger partial charge in [0.15, 0.2) is 6.61 Å². The average Bonchev–Trinajstić information content (AvgIpc) is 2.68. The zero-order valence-electron chi connectivity index (χ0n) is 16.5. The number of nitrogens with one attached hydrogen (secondary N) is 1. The molecule has 144 valence electrons.